The molecule has 2 N–H and O–H groups in total. The normalized spacial score (nSPS) is 56.2. The monoisotopic (exact) mass is 290 g/mol. The summed E-state index contributed by atoms with van der Waals surface area (Å²) in [6.07, 6.45) is 11.2. The molecule has 3 saturated carbocycles. The predicted molar refractivity (Wildman–Crippen MR) is 83.7 cm³/mol. The van der Waals surface area contributed by atoms with E-state index in [4.69, 9.17) is 0 Å². The molecule has 4 aliphatic rings. The molecule has 4 aliphatic carbocycles. The summed E-state index contributed by atoms with van der Waals surface area (Å²) in [7, 11) is 0. The highest BCUT2D eigenvalue weighted by Gasteiger charge is 2.58. The summed E-state index contributed by atoms with van der Waals surface area (Å²) < 4.78 is 0. The molecule has 118 valence electrons. The molecule has 5 unspecified atom stereocenters. The second-order valence-corrected chi connectivity index (χ2v) is 8.77. The minimum absolute atomic E-state index is 0.0682. The Labute approximate surface area is 128 Å². The van der Waals surface area contributed by atoms with Crippen LogP contribution in [0.3, 0.4) is 0 Å². The number of fused-ring (bicyclic) bond motifs is 5. The van der Waals surface area contributed by atoms with Crippen molar-refractivity contribution in [1.29, 1.82) is 0 Å². The first-order valence-corrected chi connectivity index (χ1v) is 9.02. The van der Waals surface area contributed by atoms with Gasteiger partial charge in [0.25, 0.3) is 0 Å². The molecule has 0 bridgehead atoms. The van der Waals surface area contributed by atoms with Gasteiger partial charge >= 0.3 is 0 Å². The van der Waals surface area contributed by atoms with Crippen molar-refractivity contribution in [3.05, 3.63) is 11.6 Å². The molecule has 3 fully saturated rings. The lowest BCUT2D eigenvalue weighted by atomic mass is 9.47. The van der Waals surface area contributed by atoms with Gasteiger partial charge in [-0.25, -0.2) is 0 Å². The van der Waals surface area contributed by atoms with E-state index in [1.54, 1.807) is 5.57 Å². The maximum absolute atomic E-state index is 10.5. The lowest BCUT2D eigenvalue weighted by Gasteiger charge is -2.58. The van der Waals surface area contributed by atoms with Crippen LogP contribution in [-0.2, 0) is 0 Å². The first-order valence-electron chi connectivity index (χ1n) is 9.02. The molecule has 0 amide bonds. The van der Waals surface area contributed by atoms with Crippen molar-refractivity contribution in [2.75, 3.05) is 0 Å². The van der Waals surface area contributed by atoms with E-state index in [-0.39, 0.29) is 17.6 Å². The third-order valence-corrected chi connectivity index (χ3v) is 8.04. The number of aliphatic hydroxyl groups is 2. The largest absolute Gasteiger partial charge is 0.393 e. The van der Waals surface area contributed by atoms with Gasteiger partial charge in [-0.05, 0) is 80.0 Å². The average Bonchev–Trinajstić information content (AvgIpc) is 2.76. The lowest BCUT2D eigenvalue weighted by molar-refractivity contribution is -0.0761. The van der Waals surface area contributed by atoms with Gasteiger partial charge in [-0.1, -0.05) is 25.5 Å². The van der Waals surface area contributed by atoms with Crippen LogP contribution < -0.4 is 0 Å². The Morgan fingerprint density at radius 2 is 1.76 bits per heavy atom. The molecular weight excluding hydrogens is 260 g/mol. The smallest absolute Gasteiger partial charge is 0.0724 e. The summed E-state index contributed by atoms with van der Waals surface area (Å²) in [6, 6.07) is 0. The van der Waals surface area contributed by atoms with Crippen molar-refractivity contribution in [3.8, 4) is 0 Å². The third kappa shape index (κ3) is 1.84. The SMILES string of the molecule is C[C@]12CCC3C(CCC4=CC(O)CC[C@@]43C)C1CCC2O. The van der Waals surface area contributed by atoms with Crippen molar-refractivity contribution < 1.29 is 10.2 Å². The maximum atomic E-state index is 10.5. The molecule has 0 radical (unpaired) electrons. The van der Waals surface area contributed by atoms with Crippen LogP contribution in [0.4, 0.5) is 0 Å². The minimum Gasteiger partial charge on any atom is -0.393 e. The van der Waals surface area contributed by atoms with E-state index in [0.717, 1.165) is 37.0 Å². The van der Waals surface area contributed by atoms with Gasteiger partial charge in [-0.2, -0.15) is 0 Å². The predicted octanol–water partition coefficient (Wildman–Crippen LogP) is 3.67. The molecule has 4 rings (SSSR count). The summed E-state index contributed by atoms with van der Waals surface area (Å²) in [4.78, 5) is 0. The molecule has 0 heterocycles. The van der Waals surface area contributed by atoms with Crippen LogP contribution in [0, 0.1) is 28.6 Å². The van der Waals surface area contributed by atoms with Crippen LogP contribution >= 0.6 is 0 Å². The van der Waals surface area contributed by atoms with E-state index in [1.807, 2.05) is 0 Å². The number of aliphatic hydroxyl groups excluding tert-OH is 2. The summed E-state index contributed by atoms with van der Waals surface area (Å²) in [5.74, 6) is 2.32. The van der Waals surface area contributed by atoms with E-state index in [0.29, 0.717) is 5.41 Å². The van der Waals surface area contributed by atoms with Crippen LogP contribution in [0.1, 0.15) is 65.2 Å². The molecular formula is C19H30O2. The van der Waals surface area contributed by atoms with Crippen LogP contribution in [0.2, 0.25) is 0 Å². The highest BCUT2D eigenvalue weighted by atomic mass is 16.3. The number of allylic oxidation sites excluding steroid dienone is 1. The molecule has 0 aromatic heterocycles. The lowest BCUT2D eigenvalue weighted by Crippen LogP contribution is -2.51. The topological polar surface area (TPSA) is 40.5 Å². The Kier molecular flexibility index (Phi) is 3.11. The summed E-state index contributed by atoms with van der Waals surface area (Å²) in [6.45, 7) is 4.82. The van der Waals surface area contributed by atoms with Gasteiger partial charge in [0.2, 0.25) is 0 Å². The molecule has 7 atom stereocenters. The zero-order valence-electron chi connectivity index (χ0n) is 13.5. The fourth-order valence-electron chi connectivity index (χ4n) is 6.68. The molecule has 0 spiro atoms. The van der Waals surface area contributed by atoms with E-state index >= 15 is 0 Å². The Bertz CT molecular complexity index is 470. The standard InChI is InChI=1S/C19H30O2/c1-18-9-7-13(20)11-12(18)3-4-14-15-5-6-17(21)19(15,2)10-8-16(14)18/h11,13-17,20-21H,3-10H2,1-2H3/t13?,14?,15?,16?,17?,18-,19-/m0/s1. The van der Waals surface area contributed by atoms with Gasteiger partial charge in [0.1, 0.15) is 0 Å². The molecule has 0 aromatic carbocycles. The Balaban J connectivity index is 1.67. The van der Waals surface area contributed by atoms with Crippen molar-refractivity contribution in [2.45, 2.75) is 77.4 Å². The molecule has 21 heavy (non-hydrogen) atoms. The molecule has 0 saturated heterocycles. The fraction of sp³-hybridized carbons (Fsp3) is 0.895. The van der Waals surface area contributed by atoms with E-state index in [9.17, 15) is 10.2 Å². The first-order chi connectivity index (χ1) is 9.95. The van der Waals surface area contributed by atoms with E-state index in [2.05, 4.69) is 19.9 Å². The highest BCUT2D eigenvalue weighted by Crippen LogP contribution is 2.65. The first kappa shape index (κ1) is 14.3. The van der Waals surface area contributed by atoms with Crippen LogP contribution in [0.15, 0.2) is 11.6 Å². The van der Waals surface area contributed by atoms with E-state index in [1.165, 1.54) is 32.1 Å². The third-order valence-electron chi connectivity index (χ3n) is 8.04. The van der Waals surface area contributed by atoms with Crippen molar-refractivity contribution in [1.82, 2.24) is 0 Å². The minimum atomic E-state index is -0.202. The van der Waals surface area contributed by atoms with Gasteiger partial charge in [-0.3, -0.25) is 0 Å². The molecule has 2 heteroatoms. The van der Waals surface area contributed by atoms with Crippen LogP contribution in [0.25, 0.3) is 0 Å². The van der Waals surface area contributed by atoms with Gasteiger partial charge in [0, 0.05) is 0 Å². The second-order valence-electron chi connectivity index (χ2n) is 8.77. The fourth-order valence-corrected chi connectivity index (χ4v) is 6.68. The van der Waals surface area contributed by atoms with Crippen LogP contribution in [-0.4, -0.2) is 22.4 Å². The summed E-state index contributed by atoms with van der Waals surface area (Å²) >= 11 is 0. The Morgan fingerprint density at radius 1 is 0.952 bits per heavy atom. The van der Waals surface area contributed by atoms with E-state index < -0.39 is 0 Å². The molecule has 2 nitrogen and oxygen atoms in total. The van der Waals surface area contributed by atoms with Gasteiger partial charge in [0.05, 0.1) is 12.2 Å². The molecule has 0 aromatic rings. The van der Waals surface area contributed by atoms with Gasteiger partial charge in [0.15, 0.2) is 0 Å². The van der Waals surface area contributed by atoms with Gasteiger partial charge < -0.3 is 10.2 Å². The zero-order chi connectivity index (χ0) is 14.8. The summed E-state index contributed by atoms with van der Waals surface area (Å²) in [5, 5.41) is 20.4. The number of hydrogen-bond donors (Lipinski definition) is 2. The van der Waals surface area contributed by atoms with Crippen molar-refractivity contribution in [2.24, 2.45) is 28.6 Å². The molecule has 0 aliphatic heterocycles. The Hall–Kier alpha value is -0.340. The van der Waals surface area contributed by atoms with Crippen molar-refractivity contribution >= 4 is 0 Å². The Morgan fingerprint density at radius 3 is 2.57 bits per heavy atom. The van der Waals surface area contributed by atoms with Gasteiger partial charge in [-0.15, -0.1) is 0 Å². The number of hydrogen-bond acceptors (Lipinski definition) is 2. The highest BCUT2D eigenvalue weighted by molar-refractivity contribution is 5.25. The summed E-state index contributed by atoms with van der Waals surface area (Å²) in [5.41, 5.74) is 2.06. The second kappa shape index (κ2) is 4.58. The number of rotatable bonds is 0. The van der Waals surface area contributed by atoms with Crippen LogP contribution in [0.5, 0.6) is 0 Å². The zero-order valence-corrected chi connectivity index (χ0v) is 13.5. The maximum Gasteiger partial charge on any atom is 0.0724 e. The van der Waals surface area contributed by atoms with Crippen molar-refractivity contribution in [3.63, 3.8) is 0 Å². The average molecular weight is 290 g/mol. The quantitative estimate of drug-likeness (QED) is 0.668.